The highest BCUT2D eigenvalue weighted by atomic mass is 35.5. The largest absolute Gasteiger partial charge is 0.490 e. The minimum atomic E-state index is -3.32. The Hall–Kier alpha value is -3.18. The number of benzene rings is 3. The molecule has 2 amide bonds. The molecule has 3 heterocycles. The lowest BCUT2D eigenvalue weighted by Crippen LogP contribution is -2.57. The normalized spacial score (nSPS) is 24.5. The highest BCUT2D eigenvalue weighted by molar-refractivity contribution is 7.88. The van der Waals surface area contributed by atoms with Crippen molar-refractivity contribution in [3.8, 4) is 5.75 Å². The molecule has 3 aliphatic heterocycles. The summed E-state index contributed by atoms with van der Waals surface area (Å²) < 4.78 is 46.7. The number of piperidine rings is 2. The minimum Gasteiger partial charge on any atom is -0.490 e. The summed E-state index contributed by atoms with van der Waals surface area (Å²) in [5, 5.41) is 6.82. The fourth-order valence-corrected chi connectivity index (χ4v) is 8.03. The van der Waals surface area contributed by atoms with Crippen LogP contribution in [0.25, 0.3) is 0 Å². The molecular formula is C31H30Cl2FN3O5S. The number of rotatable bonds is 5. The molecule has 43 heavy (non-hydrogen) atoms. The summed E-state index contributed by atoms with van der Waals surface area (Å²) in [5.41, 5.74) is 1.47. The van der Waals surface area contributed by atoms with Crippen molar-refractivity contribution in [1.29, 1.82) is 0 Å². The third kappa shape index (κ3) is 5.28. The molecule has 3 aromatic carbocycles. The van der Waals surface area contributed by atoms with Crippen LogP contribution in [0.3, 0.4) is 0 Å². The molecule has 1 spiro atoms. The van der Waals surface area contributed by atoms with Crippen molar-refractivity contribution in [3.05, 3.63) is 92.7 Å². The van der Waals surface area contributed by atoms with Crippen LogP contribution in [0.15, 0.2) is 54.6 Å². The van der Waals surface area contributed by atoms with E-state index in [4.69, 9.17) is 27.9 Å². The highest BCUT2D eigenvalue weighted by Gasteiger charge is 2.62. The van der Waals surface area contributed by atoms with Gasteiger partial charge in [0.15, 0.2) is 0 Å². The molecule has 2 fully saturated rings. The summed E-state index contributed by atoms with van der Waals surface area (Å²) in [5.74, 6) is -1.48. The second kappa shape index (κ2) is 11.1. The van der Waals surface area contributed by atoms with E-state index in [1.165, 1.54) is 22.7 Å². The standard InChI is InChI=1S/C31H30Cl2FN3O5S/c1-17-3-6-20(34)15-22(17)29-31(24-7-4-19(33)14-26(24)35-30(31)39)25(16-28(38)36-29)23-13-18(32)5-8-27(23)42-21-9-11-37(12-10-21)43(2,40)41/h3-8,13-15,21,25,29H,9-12,16H2,1-2H3,(H,35,39)(H,36,38)/t25-,29+,31?/m1/s1. The number of hydrogen-bond donors (Lipinski definition) is 2. The van der Waals surface area contributed by atoms with Gasteiger partial charge in [0.2, 0.25) is 21.8 Å². The van der Waals surface area contributed by atoms with Gasteiger partial charge in [-0.25, -0.2) is 17.1 Å². The molecule has 1 unspecified atom stereocenters. The van der Waals surface area contributed by atoms with Gasteiger partial charge < -0.3 is 15.4 Å². The molecule has 6 rings (SSSR count). The highest BCUT2D eigenvalue weighted by Crippen LogP contribution is 2.59. The maximum Gasteiger partial charge on any atom is 0.238 e. The Balaban J connectivity index is 1.51. The Bertz CT molecular complexity index is 1750. The van der Waals surface area contributed by atoms with Gasteiger partial charge in [-0.05, 0) is 78.9 Å². The van der Waals surface area contributed by atoms with Gasteiger partial charge in [0.1, 0.15) is 23.1 Å². The molecule has 0 radical (unpaired) electrons. The molecule has 8 nitrogen and oxygen atoms in total. The van der Waals surface area contributed by atoms with Crippen LogP contribution in [0.5, 0.6) is 5.75 Å². The number of amides is 2. The van der Waals surface area contributed by atoms with E-state index < -0.39 is 33.2 Å². The fraction of sp³-hybridized carbons (Fsp3) is 0.355. The molecule has 0 saturated carbocycles. The summed E-state index contributed by atoms with van der Waals surface area (Å²) in [6.07, 6.45) is 1.77. The quantitative estimate of drug-likeness (QED) is 0.382. The SMILES string of the molecule is Cc1ccc(F)cc1[C@@H]1NC(=O)C[C@H](c2cc(Cl)ccc2OC2CCN(S(C)(=O)=O)CC2)C12C(=O)Nc1cc(Cl)ccc12. The van der Waals surface area contributed by atoms with Crippen molar-refractivity contribution in [2.24, 2.45) is 0 Å². The van der Waals surface area contributed by atoms with Crippen LogP contribution in [0.2, 0.25) is 10.0 Å². The van der Waals surface area contributed by atoms with E-state index in [1.807, 2.05) is 6.92 Å². The number of fused-ring (bicyclic) bond motifs is 2. The lowest BCUT2D eigenvalue weighted by atomic mass is 9.59. The van der Waals surface area contributed by atoms with Crippen LogP contribution in [0.1, 0.15) is 53.5 Å². The van der Waals surface area contributed by atoms with Crippen molar-refractivity contribution in [3.63, 3.8) is 0 Å². The second-order valence-corrected chi connectivity index (χ2v) is 14.3. The van der Waals surface area contributed by atoms with Crippen molar-refractivity contribution in [2.75, 3.05) is 24.7 Å². The molecule has 226 valence electrons. The third-order valence-electron chi connectivity index (χ3n) is 8.81. The van der Waals surface area contributed by atoms with Gasteiger partial charge in [-0.2, -0.15) is 0 Å². The van der Waals surface area contributed by atoms with Gasteiger partial charge in [0, 0.05) is 46.7 Å². The smallest absolute Gasteiger partial charge is 0.238 e. The number of hydrogen-bond acceptors (Lipinski definition) is 5. The predicted molar refractivity (Wildman–Crippen MR) is 163 cm³/mol. The van der Waals surface area contributed by atoms with Crippen LogP contribution >= 0.6 is 23.2 Å². The van der Waals surface area contributed by atoms with E-state index in [-0.39, 0.29) is 24.3 Å². The van der Waals surface area contributed by atoms with Crippen molar-refractivity contribution in [1.82, 2.24) is 9.62 Å². The Kier molecular flexibility index (Phi) is 7.69. The van der Waals surface area contributed by atoms with E-state index in [1.54, 1.807) is 42.5 Å². The summed E-state index contributed by atoms with van der Waals surface area (Å²) in [4.78, 5) is 27.8. The zero-order valence-electron chi connectivity index (χ0n) is 23.5. The Morgan fingerprint density at radius 2 is 1.67 bits per heavy atom. The number of aryl methyl sites for hydroxylation is 1. The number of nitrogens with zero attached hydrogens (tertiary/aromatic N) is 1. The third-order valence-corrected chi connectivity index (χ3v) is 10.6. The zero-order chi connectivity index (χ0) is 30.7. The molecule has 3 aromatic rings. The maximum absolute atomic E-state index is 14.7. The van der Waals surface area contributed by atoms with Crippen molar-refractivity contribution < 1.29 is 27.1 Å². The lowest BCUT2D eigenvalue weighted by molar-refractivity contribution is -0.131. The molecule has 3 atom stereocenters. The van der Waals surface area contributed by atoms with Gasteiger partial charge in [0.05, 0.1) is 12.3 Å². The lowest BCUT2D eigenvalue weighted by Gasteiger charge is -2.47. The van der Waals surface area contributed by atoms with Crippen LogP contribution < -0.4 is 15.4 Å². The van der Waals surface area contributed by atoms with Gasteiger partial charge >= 0.3 is 0 Å². The Morgan fingerprint density at radius 1 is 0.977 bits per heavy atom. The molecule has 12 heteroatoms. The second-order valence-electron chi connectivity index (χ2n) is 11.4. The number of ether oxygens (including phenoxy) is 1. The monoisotopic (exact) mass is 645 g/mol. The van der Waals surface area contributed by atoms with Crippen molar-refractivity contribution in [2.45, 2.75) is 49.7 Å². The van der Waals surface area contributed by atoms with Crippen LogP contribution in [0.4, 0.5) is 10.1 Å². The minimum absolute atomic E-state index is 0.0659. The Labute approximate surface area is 259 Å². The topological polar surface area (TPSA) is 105 Å². The molecule has 2 N–H and O–H groups in total. The van der Waals surface area contributed by atoms with Crippen LogP contribution in [0, 0.1) is 12.7 Å². The zero-order valence-corrected chi connectivity index (χ0v) is 25.8. The first-order valence-corrected chi connectivity index (χ1v) is 16.6. The number of carbonyl (C=O) groups is 2. The maximum atomic E-state index is 14.7. The first kappa shape index (κ1) is 29.9. The summed E-state index contributed by atoms with van der Waals surface area (Å²) >= 11 is 12.9. The summed E-state index contributed by atoms with van der Waals surface area (Å²) in [7, 11) is -3.32. The van der Waals surface area contributed by atoms with E-state index >= 15 is 0 Å². The number of halogens is 3. The van der Waals surface area contributed by atoms with Gasteiger partial charge in [-0.1, -0.05) is 35.3 Å². The number of sulfonamides is 1. The first-order chi connectivity index (χ1) is 20.4. The fourth-order valence-electron chi connectivity index (χ4n) is 6.80. The molecule has 3 aliphatic rings. The summed E-state index contributed by atoms with van der Waals surface area (Å²) in [6.45, 7) is 2.45. The van der Waals surface area contributed by atoms with E-state index in [0.29, 0.717) is 69.7 Å². The average Bonchev–Trinajstić information content (AvgIpc) is 3.23. The molecule has 2 saturated heterocycles. The van der Waals surface area contributed by atoms with Crippen LogP contribution in [-0.4, -0.2) is 50.0 Å². The number of anilines is 1. The van der Waals surface area contributed by atoms with Gasteiger partial charge in [-0.3, -0.25) is 9.59 Å². The van der Waals surface area contributed by atoms with E-state index in [2.05, 4.69) is 10.6 Å². The first-order valence-electron chi connectivity index (χ1n) is 14.0. The van der Waals surface area contributed by atoms with Crippen LogP contribution in [-0.2, 0) is 25.0 Å². The Morgan fingerprint density at radius 3 is 2.40 bits per heavy atom. The van der Waals surface area contributed by atoms with Crippen molar-refractivity contribution >= 4 is 50.7 Å². The van der Waals surface area contributed by atoms with Gasteiger partial charge in [-0.15, -0.1) is 0 Å². The average molecular weight is 647 g/mol. The van der Waals surface area contributed by atoms with Gasteiger partial charge in [0.25, 0.3) is 0 Å². The number of carbonyl (C=O) groups excluding carboxylic acids is 2. The molecular weight excluding hydrogens is 616 g/mol. The van der Waals surface area contributed by atoms with E-state index in [0.717, 1.165) is 0 Å². The molecule has 0 aromatic heterocycles. The summed E-state index contributed by atoms with van der Waals surface area (Å²) in [6, 6.07) is 13.6. The number of nitrogens with one attached hydrogen (secondary N) is 2. The van der Waals surface area contributed by atoms with E-state index in [9.17, 15) is 22.4 Å². The molecule has 0 aliphatic carbocycles. The predicted octanol–water partition coefficient (Wildman–Crippen LogP) is 5.48. The molecule has 0 bridgehead atoms.